The highest BCUT2D eigenvalue weighted by Gasteiger charge is 2.26. The minimum absolute atomic E-state index is 0.109. The van der Waals surface area contributed by atoms with Crippen molar-refractivity contribution in [3.63, 3.8) is 0 Å². The average molecular weight is 187 g/mol. The van der Waals surface area contributed by atoms with Crippen LogP contribution >= 0.6 is 0 Å². The second kappa shape index (κ2) is 4.58. The maximum Gasteiger partial charge on any atom is 0.320 e. The quantitative estimate of drug-likeness (QED) is 0.672. The Labute approximate surface area is 78.3 Å². The molecule has 0 spiro atoms. The molecule has 0 aromatic heterocycles. The highest BCUT2D eigenvalue weighted by molar-refractivity contribution is 5.73. The van der Waals surface area contributed by atoms with Gasteiger partial charge in [0.1, 0.15) is 6.04 Å². The van der Waals surface area contributed by atoms with E-state index in [1.165, 1.54) is 0 Å². The number of carboxylic acid groups (broad SMARTS) is 1. The molecule has 0 bridgehead atoms. The second-order valence-electron chi connectivity index (χ2n) is 3.79. The van der Waals surface area contributed by atoms with Gasteiger partial charge >= 0.3 is 5.97 Å². The molecule has 0 amide bonds. The fraction of sp³-hybridized carbons (Fsp3) is 0.889. The Kier molecular flexibility index (Phi) is 3.69. The first kappa shape index (κ1) is 10.5. The molecule has 0 aromatic rings. The third-order valence-corrected chi connectivity index (χ3v) is 2.28. The lowest BCUT2D eigenvalue weighted by Crippen LogP contribution is -2.46. The van der Waals surface area contributed by atoms with Crippen LogP contribution in [0.3, 0.4) is 0 Å². The Bertz CT molecular complexity index is 176. The SMILES string of the molecule is CC(C)[C@H](NC1CCOC1)C(=O)O. The van der Waals surface area contributed by atoms with Gasteiger partial charge in [0, 0.05) is 12.6 Å². The van der Waals surface area contributed by atoms with Crippen LogP contribution in [0.25, 0.3) is 0 Å². The number of carboxylic acids is 1. The van der Waals surface area contributed by atoms with E-state index in [1.807, 2.05) is 13.8 Å². The Balaban J connectivity index is 2.41. The molecule has 0 saturated carbocycles. The number of hydrogen-bond acceptors (Lipinski definition) is 3. The van der Waals surface area contributed by atoms with E-state index in [4.69, 9.17) is 9.84 Å². The largest absolute Gasteiger partial charge is 0.480 e. The molecule has 1 heterocycles. The van der Waals surface area contributed by atoms with Crippen LogP contribution in [0.1, 0.15) is 20.3 Å². The zero-order chi connectivity index (χ0) is 9.84. The van der Waals surface area contributed by atoms with E-state index >= 15 is 0 Å². The molecule has 1 aliphatic heterocycles. The predicted molar refractivity (Wildman–Crippen MR) is 48.6 cm³/mol. The molecule has 0 aliphatic carbocycles. The topological polar surface area (TPSA) is 58.6 Å². The van der Waals surface area contributed by atoms with Crippen LogP contribution < -0.4 is 5.32 Å². The van der Waals surface area contributed by atoms with Crippen LogP contribution in [-0.4, -0.2) is 36.4 Å². The molecule has 1 fully saturated rings. The molecule has 4 nitrogen and oxygen atoms in total. The molecule has 0 radical (unpaired) electrons. The van der Waals surface area contributed by atoms with Crippen molar-refractivity contribution in [2.45, 2.75) is 32.4 Å². The summed E-state index contributed by atoms with van der Waals surface area (Å²) in [5.74, 6) is -0.667. The normalized spacial score (nSPS) is 25.0. The van der Waals surface area contributed by atoms with Gasteiger partial charge in [-0.05, 0) is 12.3 Å². The van der Waals surface area contributed by atoms with Crippen molar-refractivity contribution >= 4 is 5.97 Å². The summed E-state index contributed by atoms with van der Waals surface area (Å²) in [5, 5.41) is 12.0. The van der Waals surface area contributed by atoms with Gasteiger partial charge in [-0.1, -0.05) is 13.8 Å². The van der Waals surface area contributed by atoms with Crippen molar-refractivity contribution in [1.82, 2.24) is 5.32 Å². The average Bonchev–Trinajstić information content (AvgIpc) is 2.50. The highest BCUT2D eigenvalue weighted by atomic mass is 16.5. The van der Waals surface area contributed by atoms with Crippen molar-refractivity contribution in [2.75, 3.05) is 13.2 Å². The standard InChI is InChI=1S/C9H17NO3/c1-6(2)8(9(11)12)10-7-3-4-13-5-7/h6-8,10H,3-5H2,1-2H3,(H,11,12)/t7?,8-/m0/s1. The predicted octanol–water partition coefficient (Wildman–Crippen LogP) is 0.474. The van der Waals surface area contributed by atoms with Crippen molar-refractivity contribution < 1.29 is 14.6 Å². The molecule has 2 atom stereocenters. The van der Waals surface area contributed by atoms with Gasteiger partial charge in [-0.25, -0.2) is 0 Å². The number of carbonyl (C=O) groups is 1. The molecule has 76 valence electrons. The summed E-state index contributed by atoms with van der Waals surface area (Å²) in [5.41, 5.74) is 0. The number of hydrogen-bond donors (Lipinski definition) is 2. The van der Waals surface area contributed by atoms with Crippen LogP contribution in [0, 0.1) is 5.92 Å². The molecule has 1 unspecified atom stereocenters. The van der Waals surface area contributed by atoms with Gasteiger partial charge in [0.05, 0.1) is 6.61 Å². The lowest BCUT2D eigenvalue weighted by Gasteiger charge is -2.21. The zero-order valence-corrected chi connectivity index (χ0v) is 8.12. The molecule has 13 heavy (non-hydrogen) atoms. The van der Waals surface area contributed by atoms with Crippen molar-refractivity contribution in [3.05, 3.63) is 0 Å². The number of aliphatic carboxylic acids is 1. The Morgan fingerprint density at radius 1 is 1.62 bits per heavy atom. The first-order chi connectivity index (χ1) is 6.11. The zero-order valence-electron chi connectivity index (χ0n) is 8.12. The van der Waals surface area contributed by atoms with Crippen LogP contribution in [0.4, 0.5) is 0 Å². The van der Waals surface area contributed by atoms with Gasteiger partial charge in [0.2, 0.25) is 0 Å². The molecule has 1 aliphatic rings. The highest BCUT2D eigenvalue weighted by Crippen LogP contribution is 2.08. The first-order valence-corrected chi connectivity index (χ1v) is 4.68. The smallest absolute Gasteiger partial charge is 0.320 e. The summed E-state index contributed by atoms with van der Waals surface area (Å²) in [6, 6.07) is -0.241. The minimum atomic E-state index is -0.776. The van der Waals surface area contributed by atoms with Crippen LogP contribution in [0.15, 0.2) is 0 Å². The molecular weight excluding hydrogens is 170 g/mol. The van der Waals surface area contributed by atoms with Gasteiger partial charge in [0.25, 0.3) is 0 Å². The van der Waals surface area contributed by atoms with Gasteiger partial charge < -0.3 is 9.84 Å². The lowest BCUT2D eigenvalue weighted by molar-refractivity contribution is -0.140. The monoisotopic (exact) mass is 187 g/mol. The van der Waals surface area contributed by atoms with Gasteiger partial charge in [-0.3, -0.25) is 10.1 Å². The molecular formula is C9H17NO3. The maximum absolute atomic E-state index is 10.8. The maximum atomic E-state index is 10.8. The van der Waals surface area contributed by atoms with E-state index in [0.29, 0.717) is 6.61 Å². The Morgan fingerprint density at radius 2 is 2.31 bits per heavy atom. The minimum Gasteiger partial charge on any atom is -0.480 e. The first-order valence-electron chi connectivity index (χ1n) is 4.68. The van der Waals surface area contributed by atoms with E-state index in [9.17, 15) is 4.79 Å². The van der Waals surface area contributed by atoms with Crippen molar-refractivity contribution in [2.24, 2.45) is 5.92 Å². The van der Waals surface area contributed by atoms with E-state index in [1.54, 1.807) is 0 Å². The molecule has 4 heteroatoms. The summed E-state index contributed by atoms with van der Waals surface area (Å²) in [4.78, 5) is 10.8. The van der Waals surface area contributed by atoms with Crippen molar-refractivity contribution in [1.29, 1.82) is 0 Å². The van der Waals surface area contributed by atoms with Gasteiger partial charge in [0.15, 0.2) is 0 Å². The third kappa shape index (κ3) is 2.97. The summed E-state index contributed by atoms with van der Waals surface area (Å²) in [6.45, 7) is 5.18. The fourth-order valence-electron chi connectivity index (χ4n) is 1.47. The Morgan fingerprint density at radius 3 is 2.69 bits per heavy atom. The van der Waals surface area contributed by atoms with E-state index in [0.717, 1.165) is 13.0 Å². The fourth-order valence-corrected chi connectivity index (χ4v) is 1.47. The Hall–Kier alpha value is -0.610. The van der Waals surface area contributed by atoms with E-state index < -0.39 is 12.0 Å². The summed E-state index contributed by atoms with van der Waals surface area (Å²) < 4.78 is 5.16. The summed E-state index contributed by atoms with van der Waals surface area (Å²) >= 11 is 0. The van der Waals surface area contributed by atoms with Crippen LogP contribution in [0.2, 0.25) is 0 Å². The van der Waals surface area contributed by atoms with E-state index in [2.05, 4.69) is 5.32 Å². The van der Waals surface area contributed by atoms with E-state index in [-0.39, 0.29) is 12.0 Å². The summed E-state index contributed by atoms with van der Waals surface area (Å²) in [7, 11) is 0. The molecule has 2 N–H and O–H groups in total. The third-order valence-electron chi connectivity index (χ3n) is 2.28. The number of rotatable bonds is 4. The number of nitrogens with one attached hydrogen (secondary N) is 1. The van der Waals surface area contributed by atoms with Gasteiger partial charge in [-0.2, -0.15) is 0 Å². The van der Waals surface area contributed by atoms with Crippen LogP contribution in [0.5, 0.6) is 0 Å². The molecule has 1 saturated heterocycles. The molecule has 1 rings (SSSR count). The summed E-state index contributed by atoms with van der Waals surface area (Å²) in [6.07, 6.45) is 0.913. The van der Waals surface area contributed by atoms with Gasteiger partial charge in [-0.15, -0.1) is 0 Å². The molecule has 0 aromatic carbocycles. The lowest BCUT2D eigenvalue weighted by atomic mass is 10.0. The van der Waals surface area contributed by atoms with Crippen molar-refractivity contribution in [3.8, 4) is 0 Å². The second-order valence-corrected chi connectivity index (χ2v) is 3.79. The number of ether oxygens (including phenoxy) is 1. The van der Waals surface area contributed by atoms with Crippen LogP contribution in [-0.2, 0) is 9.53 Å².